The summed E-state index contributed by atoms with van der Waals surface area (Å²) in [6.45, 7) is 1.66. The number of carbonyl (C=O) groups is 1. The van der Waals surface area contributed by atoms with Gasteiger partial charge in [0.05, 0.1) is 6.04 Å². The molecule has 0 unspecified atom stereocenters. The number of thiazole rings is 1. The third-order valence-electron chi connectivity index (χ3n) is 3.78. The second-order valence-electron chi connectivity index (χ2n) is 5.70. The lowest BCUT2D eigenvalue weighted by atomic mass is 10.2. The molecule has 0 saturated carbocycles. The van der Waals surface area contributed by atoms with Crippen molar-refractivity contribution in [1.82, 2.24) is 0 Å². The summed E-state index contributed by atoms with van der Waals surface area (Å²) in [4.78, 5) is 11.6. The number of carbonyl (C=O) groups excluding carboxylic acids is 1. The van der Waals surface area contributed by atoms with Crippen LogP contribution >= 0.6 is 11.3 Å². The van der Waals surface area contributed by atoms with E-state index in [0.29, 0.717) is 0 Å². The van der Waals surface area contributed by atoms with E-state index >= 15 is 0 Å². The predicted octanol–water partition coefficient (Wildman–Crippen LogP) is 3.18. The first-order chi connectivity index (χ1) is 11.5. The Morgan fingerprint density at radius 2 is 1.88 bits per heavy atom. The average Bonchev–Trinajstić information content (AvgIpc) is 2.90. The molecule has 0 aliphatic carbocycles. The molecule has 0 spiro atoms. The van der Waals surface area contributed by atoms with E-state index in [9.17, 15) is 4.79 Å². The zero-order valence-electron chi connectivity index (χ0n) is 13.7. The summed E-state index contributed by atoms with van der Waals surface area (Å²) >= 11 is 1.76. The van der Waals surface area contributed by atoms with Crippen molar-refractivity contribution in [2.24, 2.45) is 12.8 Å². The van der Waals surface area contributed by atoms with E-state index < -0.39 is 6.04 Å². The van der Waals surface area contributed by atoms with E-state index in [2.05, 4.69) is 53.3 Å². The molecule has 0 bridgehead atoms. The van der Waals surface area contributed by atoms with Crippen molar-refractivity contribution in [2.45, 2.75) is 13.0 Å². The minimum atomic E-state index is -0.516. The van der Waals surface area contributed by atoms with Gasteiger partial charge in [0.15, 0.2) is 0 Å². The number of anilines is 1. The Balaban J connectivity index is 1.76. The van der Waals surface area contributed by atoms with E-state index in [0.717, 1.165) is 11.3 Å². The van der Waals surface area contributed by atoms with Gasteiger partial charge in [0.25, 0.3) is 5.01 Å². The van der Waals surface area contributed by atoms with Crippen LogP contribution in [0.25, 0.3) is 22.4 Å². The van der Waals surface area contributed by atoms with Gasteiger partial charge in [0.1, 0.15) is 11.7 Å². The lowest BCUT2D eigenvalue weighted by Crippen LogP contribution is -2.32. The molecule has 1 amide bonds. The molecule has 2 aromatic carbocycles. The van der Waals surface area contributed by atoms with Gasteiger partial charge >= 0.3 is 0 Å². The summed E-state index contributed by atoms with van der Waals surface area (Å²) < 4.78 is 3.46. The number of nitrogens with two attached hydrogens (primary N) is 1. The molecule has 0 saturated heterocycles. The van der Waals surface area contributed by atoms with Crippen LogP contribution in [0.5, 0.6) is 0 Å². The molecular weight excluding hydrogens is 318 g/mol. The topological polar surface area (TPSA) is 59.0 Å². The highest BCUT2D eigenvalue weighted by atomic mass is 32.1. The molecule has 0 radical (unpaired) electrons. The molecule has 1 heterocycles. The zero-order chi connectivity index (χ0) is 17.1. The lowest BCUT2D eigenvalue weighted by molar-refractivity contribution is -0.642. The monoisotopic (exact) mass is 338 g/mol. The maximum absolute atomic E-state index is 11.6. The molecule has 1 aromatic heterocycles. The second kappa shape index (κ2) is 6.95. The summed E-state index contributed by atoms with van der Waals surface area (Å²) in [5.74, 6) is -0.185. The molecule has 122 valence electrons. The van der Waals surface area contributed by atoms with E-state index in [4.69, 9.17) is 5.73 Å². The van der Waals surface area contributed by atoms with Gasteiger partial charge < -0.3 is 11.1 Å². The van der Waals surface area contributed by atoms with Gasteiger partial charge in [-0.3, -0.25) is 4.79 Å². The molecular formula is C19H20N3OS+. The zero-order valence-corrected chi connectivity index (χ0v) is 14.5. The fourth-order valence-electron chi connectivity index (χ4n) is 2.37. The highest BCUT2D eigenvalue weighted by Crippen LogP contribution is 2.21. The number of para-hydroxylation sites is 1. The number of benzene rings is 2. The van der Waals surface area contributed by atoms with E-state index in [1.54, 1.807) is 18.3 Å². The Kier molecular flexibility index (Phi) is 4.74. The maximum atomic E-state index is 11.6. The highest BCUT2D eigenvalue weighted by Gasteiger charge is 2.13. The number of rotatable bonds is 4. The van der Waals surface area contributed by atoms with Crippen molar-refractivity contribution in [2.75, 3.05) is 5.32 Å². The molecule has 4 nitrogen and oxygen atoms in total. The average molecular weight is 338 g/mol. The predicted molar refractivity (Wildman–Crippen MR) is 101 cm³/mol. The largest absolute Gasteiger partial charge is 0.325 e. The normalized spacial score (nSPS) is 12.6. The van der Waals surface area contributed by atoms with Crippen LogP contribution in [0, 0.1) is 0 Å². The van der Waals surface area contributed by atoms with Crippen LogP contribution in [0.4, 0.5) is 5.69 Å². The number of nitrogens with one attached hydrogen (secondary N) is 1. The first-order valence-corrected chi connectivity index (χ1v) is 8.58. The number of amides is 1. The molecule has 1 atom stereocenters. The molecule has 3 aromatic rings. The van der Waals surface area contributed by atoms with Crippen molar-refractivity contribution in [3.8, 4) is 0 Å². The number of hydrogen-bond acceptors (Lipinski definition) is 3. The standard InChI is InChI=1S/C19H19N3OS/c1-13(20)19(23)21-15-10-7-14(8-11-15)9-12-18-22(2)16-5-3-4-6-17(16)24-18/h3-13H,20H2,1-2H3/p+1/t13-/m0/s1. The summed E-state index contributed by atoms with van der Waals surface area (Å²) in [5, 5.41) is 3.96. The van der Waals surface area contributed by atoms with Gasteiger partial charge in [-0.25, -0.2) is 0 Å². The van der Waals surface area contributed by atoms with Crippen molar-refractivity contribution in [3.63, 3.8) is 0 Å². The number of hydrogen-bond donors (Lipinski definition) is 2. The lowest BCUT2D eigenvalue weighted by Gasteiger charge is -2.07. The molecule has 3 N–H and O–H groups in total. The minimum Gasteiger partial charge on any atom is -0.325 e. The van der Waals surface area contributed by atoms with Gasteiger partial charge in [-0.05, 0) is 36.8 Å². The summed E-state index contributed by atoms with van der Waals surface area (Å²) in [6.07, 6.45) is 4.18. The molecule has 24 heavy (non-hydrogen) atoms. The van der Waals surface area contributed by atoms with E-state index in [1.165, 1.54) is 15.2 Å². The fraction of sp³-hybridized carbons (Fsp3) is 0.158. The van der Waals surface area contributed by atoms with Crippen LogP contribution in [0.1, 0.15) is 17.5 Å². The van der Waals surface area contributed by atoms with Gasteiger partial charge in [0, 0.05) is 17.8 Å². The quantitative estimate of drug-likeness (QED) is 0.718. The molecule has 0 fully saturated rings. The van der Waals surface area contributed by atoms with Crippen LogP contribution in [0.15, 0.2) is 48.5 Å². The van der Waals surface area contributed by atoms with Crippen molar-refractivity contribution < 1.29 is 9.36 Å². The maximum Gasteiger partial charge on any atom is 0.262 e. The van der Waals surface area contributed by atoms with Gasteiger partial charge in [-0.1, -0.05) is 35.6 Å². The Hall–Kier alpha value is -2.50. The van der Waals surface area contributed by atoms with Crippen LogP contribution in [-0.2, 0) is 11.8 Å². The van der Waals surface area contributed by atoms with Crippen LogP contribution in [0.3, 0.4) is 0 Å². The van der Waals surface area contributed by atoms with E-state index in [-0.39, 0.29) is 5.91 Å². The highest BCUT2D eigenvalue weighted by molar-refractivity contribution is 7.18. The van der Waals surface area contributed by atoms with Crippen molar-refractivity contribution >= 4 is 45.3 Å². The Morgan fingerprint density at radius 1 is 1.17 bits per heavy atom. The summed E-state index contributed by atoms with van der Waals surface area (Å²) in [7, 11) is 2.07. The first-order valence-electron chi connectivity index (χ1n) is 7.77. The molecule has 5 heteroatoms. The minimum absolute atomic E-state index is 0.185. The number of aryl methyl sites for hydroxylation is 1. The third-order valence-corrected chi connectivity index (χ3v) is 4.97. The van der Waals surface area contributed by atoms with Gasteiger partial charge in [0.2, 0.25) is 11.4 Å². The van der Waals surface area contributed by atoms with E-state index in [1.807, 2.05) is 24.3 Å². The van der Waals surface area contributed by atoms with Crippen molar-refractivity contribution in [3.05, 3.63) is 59.1 Å². The smallest absolute Gasteiger partial charge is 0.262 e. The molecule has 0 aliphatic rings. The Morgan fingerprint density at radius 3 is 2.54 bits per heavy atom. The fourth-order valence-corrected chi connectivity index (χ4v) is 3.42. The molecule has 3 rings (SSSR count). The number of nitrogens with zero attached hydrogens (tertiary/aromatic N) is 1. The molecule has 0 aliphatic heterocycles. The Labute approximate surface area is 145 Å². The van der Waals surface area contributed by atoms with Crippen LogP contribution < -0.4 is 15.6 Å². The number of fused-ring (bicyclic) bond motifs is 1. The Bertz CT molecular complexity index is 895. The first kappa shape index (κ1) is 16.4. The SMILES string of the molecule is C[C@H](N)C(=O)Nc1ccc(C=Cc2sc3ccccc3[n+]2C)cc1. The van der Waals surface area contributed by atoms with Crippen molar-refractivity contribution in [1.29, 1.82) is 0 Å². The summed E-state index contributed by atoms with van der Waals surface area (Å²) in [6, 6.07) is 15.6. The second-order valence-corrected chi connectivity index (χ2v) is 6.76. The summed E-state index contributed by atoms with van der Waals surface area (Å²) in [5.41, 5.74) is 8.61. The van der Waals surface area contributed by atoms with Gasteiger partial charge in [-0.2, -0.15) is 4.57 Å². The third kappa shape index (κ3) is 3.53. The number of aromatic nitrogens is 1. The van der Waals surface area contributed by atoms with Crippen LogP contribution in [-0.4, -0.2) is 11.9 Å². The van der Waals surface area contributed by atoms with Gasteiger partial charge in [-0.15, -0.1) is 0 Å². The van der Waals surface area contributed by atoms with Crippen LogP contribution in [0.2, 0.25) is 0 Å².